The molecule has 6 nitrogen and oxygen atoms in total. The summed E-state index contributed by atoms with van der Waals surface area (Å²) in [6, 6.07) is 11.1. The maximum absolute atomic E-state index is 12.7. The van der Waals surface area contributed by atoms with Crippen LogP contribution >= 0.6 is 24.0 Å². The highest BCUT2D eigenvalue weighted by molar-refractivity contribution is 7.92. The van der Waals surface area contributed by atoms with E-state index in [-0.39, 0.29) is 23.2 Å². The van der Waals surface area contributed by atoms with Crippen molar-refractivity contribution in [1.29, 1.82) is 0 Å². The molecule has 9 heteroatoms. The molecule has 1 aliphatic rings. The predicted molar refractivity (Wildman–Crippen MR) is 109 cm³/mol. The molecule has 0 atom stereocenters. The average molecular weight is 430 g/mol. The van der Waals surface area contributed by atoms with E-state index in [1.807, 2.05) is 0 Å². The van der Waals surface area contributed by atoms with Crippen LogP contribution in [-0.2, 0) is 10.0 Å². The summed E-state index contributed by atoms with van der Waals surface area (Å²) >= 11 is 5.90. The van der Waals surface area contributed by atoms with Crippen LogP contribution in [0.15, 0.2) is 47.4 Å². The van der Waals surface area contributed by atoms with E-state index in [1.165, 1.54) is 12.1 Å². The van der Waals surface area contributed by atoms with E-state index in [0.717, 1.165) is 13.1 Å². The van der Waals surface area contributed by atoms with Crippen LogP contribution in [0.1, 0.15) is 15.9 Å². The van der Waals surface area contributed by atoms with Crippen molar-refractivity contribution < 1.29 is 13.2 Å². The fourth-order valence-corrected chi connectivity index (χ4v) is 4.14. The smallest absolute Gasteiger partial charge is 0.262 e. The summed E-state index contributed by atoms with van der Waals surface area (Å²) in [5.41, 5.74) is 1.23. The largest absolute Gasteiger partial charge is 0.352 e. The number of hydrogen-bond acceptors (Lipinski definition) is 4. The third-order valence-corrected chi connectivity index (χ3v) is 5.99. The molecule has 0 unspecified atom stereocenters. The van der Waals surface area contributed by atoms with Gasteiger partial charge in [-0.05, 0) is 42.8 Å². The van der Waals surface area contributed by atoms with Crippen molar-refractivity contribution in [2.75, 3.05) is 24.4 Å². The molecule has 0 aliphatic carbocycles. The zero-order valence-electron chi connectivity index (χ0n) is 14.7. The number of hydrogen-bond donors (Lipinski definition) is 3. The van der Waals surface area contributed by atoms with Gasteiger partial charge in [-0.25, -0.2) is 8.42 Å². The van der Waals surface area contributed by atoms with Crippen LogP contribution in [0.2, 0.25) is 5.02 Å². The lowest BCUT2D eigenvalue weighted by molar-refractivity contribution is 0.0942. The first-order valence-electron chi connectivity index (χ1n) is 8.23. The van der Waals surface area contributed by atoms with Crippen LogP contribution in [0, 0.1) is 12.8 Å². The van der Waals surface area contributed by atoms with Crippen molar-refractivity contribution in [3.63, 3.8) is 0 Å². The van der Waals surface area contributed by atoms with Crippen LogP contribution in [0.5, 0.6) is 0 Å². The number of halogens is 2. The van der Waals surface area contributed by atoms with E-state index in [2.05, 4.69) is 15.4 Å². The summed E-state index contributed by atoms with van der Waals surface area (Å²) in [6.45, 7) is 4.03. The summed E-state index contributed by atoms with van der Waals surface area (Å²) in [4.78, 5) is 12.4. The lowest BCUT2D eigenvalue weighted by Gasteiger charge is -2.27. The number of nitrogens with one attached hydrogen (secondary N) is 3. The van der Waals surface area contributed by atoms with Crippen molar-refractivity contribution in [2.24, 2.45) is 5.92 Å². The molecule has 1 saturated heterocycles. The van der Waals surface area contributed by atoms with E-state index >= 15 is 0 Å². The van der Waals surface area contributed by atoms with E-state index in [0.29, 0.717) is 34.3 Å². The number of sulfonamides is 1. The average Bonchev–Trinajstić information content (AvgIpc) is 2.53. The van der Waals surface area contributed by atoms with Crippen molar-refractivity contribution in [2.45, 2.75) is 11.8 Å². The van der Waals surface area contributed by atoms with E-state index in [1.54, 1.807) is 37.3 Å². The number of aryl methyl sites for hydroxylation is 1. The van der Waals surface area contributed by atoms with Crippen LogP contribution in [-0.4, -0.2) is 34.0 Å². The molecule has 3 rings (SSSR count). The Kier molecular flexibility index (Phi) is 7.11. The Morgan fingerprint density at radius 1 is 1.22 bits per heavy atom. The molecule has 0 aromatic heterocycles. The number of carbonyl (C=O) groups excluding carboxylic acids is 1. The topological polar surface area (TPSA) is 87.3 Å². The normalized spacial score (nSPS) is 14.0. The van der Waals surface area contributed by atoms with Gasteiger partial charge in [0.2, 0.25) is 0 Å². The van der Waals surface area contributed by atoms with Gasteiger partial charge >= 0.3 is 0 Å². The molecule has 0 radical (unpaired) electrons. The summed E-state index contributed by atoms with van der Waals surface area (Å²) in [7, 11) is -3.84. The third kappa shape index (κ3) is 5.35. The molecular weight excluding hydrogens is 409 g/mol. The molecule has 146 valence electrons. The minimum absolute atomic E-state index is 0. The Balaban J connectivity index is 0.00000261. The third-order valence-electron chi connectivity index (χ3n) is 4.23. The SMILES string of the molecule is Cc1ccc(C(=O)NCC2CNC2)cc1S(=O)(=O)Nc1cccc(Cl)c1.Cl. The molecule has 1 amide bonds. The molecular formula is C18H21Cl2N3O3S. The van der Waals surface area contributed by atoms with E-state index in [4.69, 9.17) is 11.6 Å². The molecule has 27 heavy (non-hydrogen) atoms. The number of rotatable bonds is 6. The van der Waals surface area contributed by atoms with Crippen LogP contribution in [0.3, 0.4) is 0 Å². The minimum Gasteiger partial charge on any atom is -0.352 e. The van der Waals surface area contributed by atoms with Crippen molar-refractivity contribution in [1.82, 2.24) is 10.6 Å². The van der Waals surface area contributed by atoms with Gasteiger partial charge in [-0.15, -0.1) is 12.4 Å². The fraction of sp³-hybridized carbons (Fsp3) is 0.278. The minimum atomic E-state index is -3.84. The lowest BCUT2D eigenvalue weighted by atomic mass is 10.0. The number of anilines is 1. The molecule has 0 spiro atoms. The van der Waals surface area contributed by atoms with Gasteiger partial charge in [-0.3, -0.25) is 9.52 Å². The maximum Gasteiger partial charge on any atom is 0.262 e. The molecule has 1 aliphatic heterocycles. The molecule has 0 bridgehead atoms. The van der Waals surface area contributed by atoms with Crippen molar-refractivity contribution >= 4 is 45.6 Å². The summed E-state index contributed by atoms with van der Waals surface area (Å²) < 4.78 is 28.0. The molecule has 1 heterocycles. The predicted octanol–water partition coefficient (Wildman–Crippen LogP) is 2.82. The number of carbonyl (C=O) groups is 1. The van der Waals surface area contributed by atoms with Gasteiger partial charge in [0.25, 0.3) is 15.9 Å². The molecule has 2 aromatic carbocycles. The zero-order valence-corrected chi connectivity index (χ0v) is 17.0. The van der Waals surface area contributed by atoms with Gasteiger partial charge in [0.15, 0.2) is 0 Å². The second-order valence-corrected chi connectivity index (χ2v) is 8.42. The second kappa shape index (κ2) is 8.93. The van der Waals surface area contributed by atoms with Crippen LogP contribution in [0.25, 0.3) is 0 Å². The Bertz CT molecular complexity index is 931. The van der Waals surface area contributed by atoms with Crippen molar-refractivity contribution in [3.8, 4) is 0 Å². The molecule has 1 fully saturated rings. The Hall–Kier alpha value is -1.80. The van der Waals surface area contributed by atoms with Gasteiger partial charge in [0, 0.05) is 36.1 Å². The van der Waals surface area contributed by atoms with E-state index < -0.39 is 10.0 Å². The maximum atomic E-state index is 12.7. The van der Waals surface area contributed by atoms with Gasteiger partial charge in [0.1, 0.15) is 0 Å². The highest BCUT2D eigenvalue weighted by atomic mass is 35.5. The highest BCUT2D eigenvalue weighted by Crippen LogP contribution is 2.22. The van der Waals surface area contributed by atoms with Crippen molar-refractivity contribution in [3.05, 3.63) is 58.6 Å². The first kappa shape index (κ1) is 21.5. The zero-order chi connectivity index (χ0) is 18.7. The molecule has 0 saturated carbocycles. The second-order valence-electron chi connectivity index (χ2n) is 6.33. The van der Waals surface area contributed by atoms with Gasteiger partial charge < -0.3 is 10.6 Å². The molecule has 3 N–H and O–H groups in total. The highest BCUT2D eigenvalue weighted by Gasteiger charge is 2.21. The lowest BCUT2D eigenvalue weighted by Crippen LogP contribution is -2.48. The Morgan fingerprint density at radius 3 is 2.59 bits per heavy atom. The standard InChI is InChI=1S/C18H20ClN3O3S.ClH/c1-12-5-6-14(18(23)21-11-13-9-20-10-13)7-17(12)26(24,25)22-16-4-2-3-15(19)8-16;/h2-8,13,20,22H,9-11H2,1H3,(H,21,23);1H. The Labute approximate surface area is 170 Å². The van der Waals surface area contributed by atoms with E-state index in [9.17, 15) is 13.2 Å². The first-order chi connectivity index (χ1) is 12.3. The number of benzene rings is 2. The quantitative estimate of drug-likeness (QED) is 0.658. The summed E-state index contributed by atoms with van der Waals surface area (Å²) in [5.74, 6) is 0.146. The van der Waals surface area contributed by atoms with Gasteiger partial charge in [-0.1, -0.05) is 23.7 Å². The van der Waals surface area contributed by atoms with Gasteiger partial charge in [0.05, 0.1) is 10.6 Å². The monoisotopic (exact) mass is 429 g/mol. The van der Waals surface area contributed by atoms with Crippen LogP contribution in [0.4, 0.5) is 5.69 Å². The first-order valence-corrected chi connectivity index (χ1v) is 10.1. The molecule has 2 aromatic rings. The summed E-state index contributed by atoms with van der Waals surface area (Å²) in [6.07, 6.45) is 0. The van der Waals surface area contributed by atoms with Crippen LogP contribution < -0.4 is 15.4 Å². The fourth-order valence-electron chi connectivity index (χ4n) is 2.62. The van der Waals surface area contributed by atoms with Gasteiger partial charge in [-0.2, -0.15) is 0 Å². The Morgan fingerprint density at radius 2 is 1.96 bits per heavy atom. The summed E-state index contributed by atoms with van der Waals surface area (Å²) in [5, 5.41) is 6.42. The number of amides is 1.